The molecule has 0 radical (unpaired) electrons. The van der Waals surface area contributed by atoms with Crippen LogP contribution < -0.4 is 14.8 Å². The predicted octanol–water partition coefficient (Wildman–Crippen LogP) is 3.99. The fourth-order valence-corrected chi connectivity index (χ4v) is 3.34. The van der Waals surface area contributed by atoms with Crippen molar-refractivity contribution in [1.82, 2.24) is 5.32 Å². The highest BCUT2D eigenvalue weighted by Crippen LogP contribution is 2.36. The summed E-state index contributed by atoms with van der Waals surface area (Å²) in [6, 6.07) is 9.48. The van der Waals surface area contributed by atoms with E-state index in [1.54, 1.807) is 17.4 Å². The van der Waals surface area contributed by atoms with Crippen molar-refractivity contribution in [2.24, 2.45) is 5.92 Å². The molecule has 0 saturated carbocycles. The maximum absolute atomic E-state index is 12.6. The number of carbonyl (C=O) groups is 1. The number of nitrogens with one attached hydrogen (secondary N) is 1. The average Bonchev–Trinajstić information content (AvgIpc) is 3.16. The third-order valence-corrected chi connectivity index (χ3v) is 4.53. The summed E-state index contributed by atoms with van der Waals surface area (Å²) in [4.78, 5) is 13.8. The number of ether oxygens (including phenoxy) is 2. The van der Waals surface area contributed by atoms with Crippen LogP contribution in [-0.4, -0.2) is 12.7 Å². The molecule has 0 bridgehead atoms. The Morgan fingerprint density at radius 1 is 1.27 bits per heavy atom. The van der Waals surface area contributed by atoms with E-state index in [-0.39, 0.29) is 18.7 Å². The molecule has 1 aromatic heterocycles. The smallest absolute Gasteiger partial charge is 0.255 e. The van der Waals surface area contributed by atoms with Crippen LogP contribution >= 0.6 is 11.3 Å². The molecule has 1 aliphatic rings. The lowest BCUT2D eigenvalue weighted by molar-refractivity contribution is 0.0928. The minimum atomic E-state index is -0.124. The molecule has 0 aliphatic carbocycles. The molecule has 1 aliphatic heterocycles. The van der Waals surface area contributed by atoms with Gasteiger partial charge in [0, 0.05) is 4.88 Å². The lowest BCUT2D eigenvalue weighted by Gasteiger charge is -2.20. The van der Waals surface area contributed by atoms with Gasteiger partial charge >= 0.3 is 0 Å². The summed E-state index contributed by atoms with van der Waals surface area (Å²) < 4.78 is 10.8. The first-order chi connectivity index (χ1) is 10.6. The molecular formula is C17H19NO3S. The van der Waals surface area contributed by atoms with Gasteiger partial charge in [-0.25, -0.2) is 0 Å². The molecular weight excluding hydrogens is 298 g/mol. The van der Waals surface area contributed by atoms with Gasteiger partial charge in [-0.2, -0.15) is 0 Å². The summed E-state index contributed by atoms with van der Waals surface area (Å²) >= 11 is 1.66. The van der Waals surface area contributed by atoms with E-state index < -0.39 is 0 Å². The Balaban J connectivity index is 1.81. The van der Waals surface area contributed by atoms with Gasteiger partial charge in [-0.05, 0) is 35.9 Å². The van der Waals surface area contributed by atoms with Gasteiger partial charge in [0.15, 0.2) is 11.5 Å². The third kappa shape index (κ3) is 3.09. The first-order valence-electron chi connectivity index (χ1n) is 7.38. The molecule has 5 heteroatoms. The van der Waals surface area contributed by atoms with Crippen LogP contribution in [-0.2, 0) is 0 Å². The first kappa shape index (κ1) is 14.9. The lowest BCUT2D eigenvalue weighted by atomic mass is 10.0. The van der Waals surface area contributed by atoms with Gasteiger partial charge < -0.3 is 14.8 Å². The summed E-state index contributed by atoms with van der Waals surface area (Å²) in [5.74, 6) is 1.54. The van der Waals surface area contributed by atoms with Crippen molar-refractivity contribution in [3.05, 3.63) is 46.2 Å². The largest absolute Gasteiger partial charge is 0.454 e. The van der Waals surface area contributed by atoms with Gasteiger partial charge in [0.1, 0.15) is 0 Å². The summed E-state index contributed by atoms with van der Waals surface area (Å²) in [6.45, 7) is 4.48. The maximum atomic E-state index is 12.6. The molecule has 1 amide bonds. The van der Waals surface area contributed by atoms with Gasteiger partial charge in [-0.15, -0.1) is 11.3 Å². The van der Waals surface area contributed by atoms with Gasteiger partial charge in [-0.3, -0.25) is 4.79 Å². The van der Waals surface area contributed by atoms with E-state index in [2.05, 4.69) is 25.2 Å². The molecule has 0 fully saturated rings. The minimum Gasteiger partial charge on any atom is -0.454 e. The Hall–Kier alpha value is -2.01. The number of benzene rings is 1. The van der Waals surface area contributed by atoms with Crippen LogP contribution in [0.2, 0.25) is 0 Å². The summed E-state index contributed by atoms with van der Waals surface area (Å²) in [7, 11) is 0. The van der Waals surface area contributed by atoms with Crippen molar-refractivity contribution in [1.29, 1.82) is 0 Å². The number of para-hydroxylation sites is 1. The van der Waals surface area contributed by atoms with Crippen molar-refractivity contribution < 1.29 is 14.3 Å². The Morgan fingerprint density at radius 2 is 2.14 bits per heavy atom. The standard InChI is InChI=1S/C17H19NO3S/c1-11(2)9-13(15-7-4-8-22-15)18-17(19)12-5-3-6-14-16(12)21-10-20-14/h3-8,11,13H,9-10H2,1-2H3,(H,18,19). The second-order valence-electron chi connectivity index (χ2n) is 5.71. The quantitative estimate of drug-likeness (QED) is 0.907. The number of thiophene rings is 1. The predicted molar refractivity (Wildman–Crippen MR) is 86.5 cm³/mol. The molecule has 3 rings (SSSR count). The molecule has 2 aromatic rings. The van der Waals surface area contributed by atoms with Crippen molar-refractivity contribution in [2.45, 2.75) is 26.3 Å². The monoisotopic (exact) mass is 317 g/mol. The lowest BCUT2D eigenvalue weighted by Crippen LogP contribution is -2.29. The van der Waals surface area contributed by atoms with Crippen LogP contribution in [0.1, 0.15) is 41.5 Å². The maximum Gasteiger partial charge on any atom is 0.255 e. The number of amides is 1. The van der Waals surface area contributed by atoms with Crippen molar-refractivity contribution in [3.8, 4) is 11.5 Å². The molecule has 1 N–H and O–H groups in total. The SMILES string of the molecule is CC(C)CC(NC(=O)c1cccc2c1OCO2)c1cccs1. The zero-order valence-corrected chi connectivity index (χ0v) is 13.5. The van der Waals surface area contributed by atoms with Crippen molar-refractivity contribution in [3.63, 3.8) is 0 Å². The summed E-state index contributed by atoms with van der Waals surface area (Å²) in [5.41, 5.74) is 0.528. The van der Waals surface area contributed by atoms with Crippen LogP contribution in [0.5, 0.6) is 11.5 Å². The minimum absolute atomic E-state index is 0.0191. The number of fused-ring (bicyclic) bond motifs is 1. The number of hydrogen-bond donors (Lipinski definition) is 1. The second-order valence-corrected chi connectivity index (χ2v) is 6.69. The van der Waals surface area contributed by atoms with Crippen molar-refractivity contribution >= 4 is 17.2 Å². The van der Waals surface area contributed by atoms with Gasteiger partial charge in [-0.1, -0.05) is 26.0 Å². The van der Waals surface area contributed by atoms with Crippen molar-refractivity contribution in [2.75, 3.05) is 6.79 Å². The second kappa shape index (κ2) is 6.40. The molecule has 2 heterocycles. The Kier molecular flexibility index (Phi) is 4.34. The van der Waals surface area contributed by atoms with Gasteiger partial charge in [0.25, 0.3) is 5.91 Å². The molecule has 1 aromatic carbocycles. The van der Waals surface area contributed by atoms with E-state index >= 15 is 0 Å². The van der Waals surface area contributed by atoms with Crippen LogP contribution in [0.25, 0.3) is 0 Å². The fraction of sp³-hybridized carbons (Fsp3) is 0.353. The van der Waals surface area contributed by atoms with Crippen LogP contribution in [0, 0.1) is 5.92 Å². The van der Waals surface area contributed by atoms with E-state index in [0.29, 0.717) is 23.0 Å². The average molecular weight is 317 g/mol. The van der Waals surface area contributed by atoms with Crippen LogP contribution in [0.3, 0.4) is 0 Å². The summed E-state index contributed by atoms with van der Waals surface area (Å²) in [6.07, 6.45) is 0.901. The number of hydrogen-bond acceptors (Lipinski definition) is 4. The van der Waals surface area contributed by atoms with E-state index in [1.165, 1.54) is 4.88 Å². The molecule has 22 heavy (non-hydrogen) atoms. The topological polar surface area (TPSA) is 47.6 Å². The molecule has 0 saturated heterocycles. The zero-order chi connectivity index (χ0) is 15.5. The first-order valence-corrected chi connectivity index (χ1v) is 8.26. The highest BCUT2D eigenvalue weighted by molar-refractivity contribution is 7.10. The van der Waals surface area contributed by atoms with Crippen LogP contribution in [0.4, 0.5) is 0 Å². The van der Waals surface area contributed by atoms with E-state index in [0.717, 1.165) is 6.42 Å². The molecule has 116 valence electrons. The molecule has 1 atom stereocenters. The Labute approximate surface area is 134 Å². The zero-order valence-electron chi connectivity index (χ0n) is 12.7. The Bertz CT molecular complexity index is 652. The number of carbonyl (C=O) groups excluding carboxylic acids is 1. The van der Waals surface area contributed by atoms with E-state index in [9.17, 15) is 4.79 Å². The molecule has 0 spiro atoms. The number of rotatable bonds is 5. The van der Waals surface area contributed by atoms with Gasteiger partial charge in [0.05, 0.1) is 11.6 Å². The van der Waals surface area contributed by atoms with E-state index in [1.807, 2.05) is 23.6 Å². The van der Waals surface area contributed by atoms with E-state index in [4.69, 9.17) is 9.47 Å². The van der Waals surface area contributed by atoms with Crippen LogP contribution in [0.15, 0.2) is 35.7 Å². The third-order valence-electron chi connectivity index (χ3n) is 3.54. The molecule has 1 unspecified atom stereocenters. The Morgan fingerprint density at radius 3 is 2.86 bits per heavy atom. The summed E-state index contributed by atoms with van der Waals surface area (Å²) in [5, 5.41) is 5.17. The molecule has 4 nitrogen and oxygen atoms in total. The highest BCUT2D eigenvalue weighted by atomic mass is 32.1. The van der Waals surface area contributed by atoms with Gasteiger partial charge in [0.2, 0.25) is 6.79 Å². The highest BCUT2D eigenvalue weighted by Gasteiger charge is 2.24. The normalized spacial score (nSPS) is 14.1. The fourth-order valence-electron chi connectivity index (χ4n) is 2.55.